The number of halogens is 2. The zero-order chi connectivity index (χ0) is 17.3. The van der Waals surface area contributed by atoms with Crippen LogP contribution in [0.3, 0.4) is 0 Å². The number of H-pyrrole nitrogens is 1. The molecule has 2 atom stereocenters. The molecule has 0 aliphatic carbocycles. The molecular weight excluding hydrogens is 355 g/mol. The molecule has 1 aliphatic rings. The lowest BCUT2D eigenvalue weighted by atomic mass is 9.85. The number of benzene rings is 1. The van der Waals surface area contributed by atoms with Gasteiger partial charge in [-0.1, -0.05) is 23.2 Å². The normalized spacial score (nSPS) is 21.8. The standard InChI is InChI=1S/C16H16Cl2N2O4/c17-11-3-10(4-12(18)6-11)13-5-9(14-7-15(21)19-24-14)1-2-20(13)8-16(22)23/h3-4,6-7,9,13H,1-2,5,8H2,(H,19,21)(H,22,23). The third-order valence-corrected chi connectivity index (χ3v) is 4.70. The zero-order valence-corrected chi connectivity index (χ0v) is 14.2. The van der Waals surface area contributed by atoms with Crippen LogP contribution in [0, 0.1) is 0 Å². The second-order valence-electron chi connectivity index (χ2n) is 5.92. The molecule has 8 heteroatoms. The number of nitrogens with one attached hydrogen (secondary N) is 1. The highest BCUT2D eigenvalue weighted by atomic mass is 35.5. The van der Waals surface area contributed by atoms with Gasteiger partial charge in [0.2, 0.25) is 0 Å². The molecule has 1 aliphatic heterocycles. The van der Waals surface area contributed by atoms with Crippen LogP contribution >= 0.6 is 23.2 Å². The molecule has 2 unspecified atom stereocenters. The largest absolute Gasteiger partial charge is 0.480 e. The molecule has 128 valence electrons. The van der Waals surface area contributed by atoms with Crippen LogP contribution in [0.1, 0.15) is 36.1 Å². The highest BCUT2D eigenvalue weighted by Gasteiger charge is 2.33. The third kappa shape index (κ3) is 3.83. The number of aromatic amines is 1. The molecule has 0 amide bonds. The Hall–Kier alpha value is -1.76. The number of hydrogen-bond donors (Lipinski definition) is 2. The first-order chi connectivity index (χ1) is 11.4. The van der Waals surface area contributed by atoms with E-state index in [0.29, 0.717) is 35.2 Å². The quantitative estimate of drug-likeness (QED) is 0.862. The number of carboxylic acids is 1. The van der Waals surface area contributed by atoms with Crippen molar-refractivity contribution in [2.45, 2.75) is 24.8 Å². The van der Waals surface area contributed by atoms with E-state index in [0.717, 1.165) is 5.56 Å². The van der Waals surface area contributed by atoms with Gasteiger partial charge in [-0.25, -0.2) is 0 Å². The fourth-order valence-electron chi connectivity index (χ4n) is 3.25. The van der Waals surface area contributed by atoms with Crippen molar-refractivity contribution in [1.29, 1.82) is 0 Å². The van der Waals surface area contributed by atoms with Gasteiger partial charge >= 0.3 is 5.97 Å². The maximum Gasteiger partial charge on any atom is 0.317 e. The Morgan fingerprint density at radius 3 is 2.58 bits per heavy atom. The van der Waals surface area contributed by atoms with Gasteiger partial charge in [-0.3, -0.25) is 14.5 Å². The summed E-state index contributed by atoms with van der Waals surface area (Å²) < 4.78 is 5.23. The average molecular weight is 371 g/mol. The van der Waals surface area contributed by atoms with Crippen molar-refractivity contribution in [3.63, 3.8) is 0 Å². The molecule has 3 rings (SSSR count). The van der Waals surface area contributed by atoms with Crippen LogP contribution in [0.15, 0.2) is 33.6 Å². The molecule has 2 aromatic rings. The Bertz CT molecular complexity index is 781. The fourth-order valence-corrected chi connectivity index (χ4v) is 3.79. The topological polar surface area (TPSA) is 86.5 Å². The number of rotatable bonds is 4. The molecule has 6 nitrogen and oxygen atoms in total. The molecule has 1 aromatic carbocycles. The maximum absolute atomic E-state index is 11.3. The lowest BCUT2D eigenvalue weighted by Crippen LogP contribution is -2.39. The molecule has 24 heavy (non-hydrogen) atoms. The van der Waals surface area contributed by atoms with Gasteiger partial charge in [0.1, 0.15) is 5.76 Å². The van der Waals surface area contributed by atoms with Gasteiger partial charge in [-0.05, 0) is 36.6 Å². The number of aromatic nitrogens is 1. The van der Waals surface area contributed by atoms with Gasteiger partial charge in [0.05, 0.1) is 6.54 Å². The van der Waals surface area contributed by atoms with Gasteiger partial charge in [-0.2, -0.15) is 5.16 Å². The molecule has 1 fully saturated rings. The maximum atomic E-state index is 11.3. The predicted octanol–water partition coefficient (Wildman–Crippen LogP) is 3.28. The van der Waals surface area contributed by atoms with Crippen LogP contribution in [0.25, 0.3) is 0 Å². The molecule has 1 aromatic heterocycles. The van der Waals surface area contributed by atoms with E-state index in [1.165, 1.54) is 6.07 Å². The van der Waals surface area contributed by atoms with Gasteiger partial charge < -0.3 is 9.63 Å². The summed E-state index contributed by atoms with van der Waals surface area (Å²) in [5.41, 5.74) is 0.580. The highest BCUT2D eigenvalue weighted by Crippen LogP contribution is 2.40. The number of carbonyl (C=O) groups is 1. The summed E-state index contributed by atoms with van der Waals surface area (Å²) in [6.07, 6.45) is 1.32. The molecule has 1 saturated heterocycles. The second kappa shape index (κ2) is 7.01. The van der Waals surface area contributed by atoms with Gasteiger partial charge in [0.25, 0.3) is 5.56 Å². The molecule has 0 saturated carbocycles. The SMILES string of the molecule is O=C(O)CN1CCC(c2cc(=O)[nH]o2)CC1c1cc(Cl)cc(Cl)c1. The molecule has 0 spiro atoms. The monoisotopic (exact) mass is 370 g/mol. The molecule has 0 radical (unpaired) electrons. The number of likely N-dealkylation sites (tertiary alicyclic amines) is 1. The fraction of sp³-hybridized carbons (Fsp3) is 0.375. The predicted molar refractivity (Wildman–Crippen MR) is 89.7 cm³/mol. The van der Waals surface area contributed by atoms with Gasteiger partial charge in [0, 0.05) is 34.6 Å². The van der Waals surface area contributed by atoms with E-state index in [1.807, 2.05) is 4.90 Å². The van der Waals surface area contributed by atoms with Crippen molar-refractivity contribution in [2.75, 3.05) is 13.1 Å². The first-order valence-corrected chi connectivity index (χ1v) is 8.28. The summed E-state index contributed by atoms with van der Waals surface area (Å²) >= 11 is 12.2. The van der Waals surface area contributed by atoms with Crippen LogP contribution in [0.2, 0.25) is 10.0 Å². The lowest BCUT2D eigenvalue weighted by Gasteiger charge is -2.38. The number of aliphatic carboxylic acids is 1. The first-order valence-electron chi connectivity index (χ1n) is 7.52. The Morgan fingerprint density at radius 1 is 1.29 bits per heavy atom. The van der Waals surface area contributed by atoms with Gasteiger partial charge in [-0.15, -0.1) is 0 Å². The summed E-state index contributed by atoms with van der Waals surface area (Å²) in [7, 11) is 0. The van der Waals surface area contributed by atoms with Crippen molar-refractivity contribution < 1.29 is 14.4 Å². The Morgan fingerprint density at radius 2 is 2.00 bits per heavy atom. The minimum atomic E-state index is -0.889. The minimum Gasteiger partial charge on any atom is -0.480 e. The Labute approximate surface area is 147 Å². The summed E-state index contributed by atoms with van der Waals surface area (Å²) in [5.74, 6) is -0.274. The second-order valence-corrected chi connectivity index (χ2v) is 6.79. The van der Waals surface area contributed by atoms with E-state index in [-0.39, 0.29) is 24.1 Å². The number of nitrogens with zero attached hydrogens (tertiary/aromatic N) is 1. The van der Waals surface area contributed by atoms with E-state index >= 15 is 0 Å². The lowest BCUT2D eigenvalue weighted by molar-refractivity contribution is -0.139. The summed E-state index contributed by atoms with van der Waals surface area (Å²) in [5, 5.41) is 12.5. The average Bonchev–Trinajstić information content (AvgIpc) is 2.92. The Kier molecular flexibility index (Phi) is 4.99. The zero-order valence-electron chi connectivity index (χ0n) is 12.7. The van der Waals surface area contributed by atoms with E-state index in [2.05, 4.69) is 5.16 Å². The molecule has 0 bridgehead atoms. The molecular formula is C16H16Cl2N2O4. The van der Waals surface area contributed by atoms with E-state index in [9.17, 15) is 9.59 Å². The van der Waals surface area contributed by atoms with Crippen molar-refractivity contribution in [1.82, 2.24) is 10.1 Å². The van der Waals surface area contributed by atoms with Crippen LogP contribution < -0.4 is 5.56 Å². The third-order valence-electron chi connectivity index (χ3n) is 4.27. The smallest absolute Gasteiger partial charge is 0.317 e. The number of hydrogen-bond acceptors (Lipinski definition) is 4. The summed E-state index contributed by atoms with van der Waals surface area (Å²) in [4.78, 5) is 24.4. The summed E-state index contributed by atoms with van der Waals surface area (Å²) in [6.45, 7) is 0.499. The van der Waals surface area contributed by atoms with Gasteiger partial charge in [0.15, 0.2) is 0 Å². The number of carboxylic acid groups (broad SMARTS) is 1. The van der Waals surface area contributed by atoms with E-state index in [4.69, 9.17) is 32.8 Å². The van der Waals surface area contributed by atoms with Crippen molar-refractivity contribution >= 4 is 29.2 Å². The van der Waals surface area contributed by atoms with Crippen LogP contribution in [-0.2, 0) is 4.79 Å². The van der Waals surface area contributed by atoms with E-state index in [1.54, 1.807) is 18.2 Å². The van der Waals surface area contributed by atoms with E-state index < -0.39 is 5.97 Å². The van der Waals surface area contributed by atoms with Crippen LogP contribution in [0.4, 0.5) is 0 Å². The molecule has 2 N–H and O–H groups in total. The minimum absolute atomic E-state index is 0.0248. The highest BCUT2D eigenvalue weighted by molar-refractivity contribution is 6.34. The Balaban J connectivity index is 1.91. The van der Waals surface area contributed by atoms with Crippen molar-refractivity contribution in [3.05, 3.63) is 56.0 Å². The van der Waals surface area contributed by atoms with Crippen molar-refractivity contribution in [2.24, 2.45) is 0 Å². The van der Waals surface area contributed by atoms with Crippen LogP contribution in [-0.4, -0.2) is 34.2 Å². The number of piperidine rings is 1. The molecule has 2 heterocycles. The van der Waals surface area contributed by atoms with Crippen molar-refractivity contribution in [3.8, 4) is 0 Å². The summed E-state index contributed by atoms with van der Waals surface area (Å²) in [6, 6.07) is 6.50. The van der Waals surface area contributed by atoms with Crippen LogP contribution in [0.5, 0.6) is 0 Å². The first kappa shape index (κ1) is 17.1.